The van der Waals surface area contributed by atoms with Crippen molar-refractivity contribution in [3.63, 3.8) is 0 Å². The molecule has 0 saturated carbocycles. The molecule has 1 heterocycles. The van der Waals surface area contributed by atoms with Gasteiger partial charge in [-0.25, -0.2) is 4.39 Å². The quantitative estimate of drug-likeness (QED) is 0.733. The first kappa shape index (κ1) is 18.9. The van der Waals surface area contributed by atoms with Gasteiger partial charge in [0.2, 0.25) is 5.91 Å². The first-order valence-electron chi connectivity index (χ1n) is 9.03. The normalized spacial score (nSPS) is 14.1. The molecule has 0 aromatic heterocycles. The molecule has 2 aromatic carbocycles. The van der Waals surface area contributed by atoms with Gasteiger partial charge < -0.3 is 14.5 Å². The summed E-state index contributed by atoms with van der Waals surface area (Å²) in [4.78, 5) is 28.6. The van der Waals surface area contributed by atoms with E-state index in [1.54, 1.807) is 12.0 Å². The maximum atomic E-state index is 12.9. The van der Waals surface area contributed by atoms with Gasteiger partial charge in [-0.05, 0) is 36.4 Å². The Morgan fingerprint density at radius 1 is 0.963 bits per heavy atom. The van der Waals surface area contributed by atoms with Gasteiger partial charge in [-0.3, -0.25) is 9.59 Å². The SMILES string of the molecule is COc1ccccc1N1CCN(C(=O)CCC(=O)c2ccc(F)cc2)CC1. The smallest absolute Gasteiger partial charge is 0.223 e. The summed E-state index contributed by atoms with van der Waals surface area (Å²) in [6.45, 7) is 2.67. The predicted octanol–water partition coefficient (Wildman–Crippen LogP) is 3.15. The fourth-order valence-electron chi connectivity index (χ4n) is 3.25. The lowest BCUT2D eigenvalue weighted by Gasteiger charge is -2.36. The Labute approximate surface area is 158 Å². The predicted molar refractivity (Wildman–Crippen MR) is 102 cm³/mol. The van der Waals surface area contributed by atoms with Gasteiger partial charge in [-0.1, -0.05) is 12.1 Å². The summed E-state index contributed by atoms with van der Waals surface area (Å²) in [6, 6.07) is 13.3. The second kappa shape index (κ2) is 8.66. The Morgan fingerprint density at radius 3 is 2.30 bits per heavy atom. The van der Waals surface area contributed by atoms with Crippen LogP contribution in [0, 0.1) is 5.82 Å². The van der Waals surface area contributed by atoms with E-state index in [-0.39, 0.29) is 30.3 Å². The fourth-order valence-corrected chi connectivity index (χ4v) is 3.25. The van der Waals surface area contributed by atoms with Gasteiger partial charge in [0.05, 0.1) is 12.8 Å². The highest BCUT2D eigenvalue weighted by atomic mass is 19.1. The van der Waals surface area contributed by atoms with E-state index in [0.29, 0.717) is 18.7 Å². The van der Waals surface area contributed by atoms with E-state index in [0.717, 1.165) is 24.5 Å². The molecule has 6 heteroatoms. The number of carbonyl (C=O) groups excluding carboxylic acids is 2. The average Bonchev–Trinajstić information content (AvgIpc) is 2.72. The van der Waals surface area contributed by atoms with E-state index in [1.165, 1.54) is 24.3 Å². The van der Waals surface area contributed by atoms with E-state index < -0.39 is 0 Å². The first-order chi connectivity index (χ1) is 13.1. The summed E-state index contributed by atoms with van der Waals surface area (Å²) >= 11 is 0. The van der Waals surface area contributed by atoms with E-state index >= 15 is 0 Å². The van der Waals surface area contributed by atoms with Crippen LogP contribution >= 0.6 is 0 Å². The molecule has 1 aliphatic heterocycles. The lowest BCUT2D eigenvalue weighted by atomic mass is 10.1. The molecule has 1 fully saturated rings. The zero-order chi connectivity index (χ0) is 19.2. The second-order valence-electron chi connectivity index (χ2n) is 6.47. The molecule has 27 heavy (non-hydrogen) atoms. The van der Waals surface area contributed by atoms with E-state index in [9.17, 15) is 14.0 Å². The van der Waals surface area contributed by atoms with Crippen LogP contribution in [0.1, 0.15) is 23.2 Å². The standard InChI is InChI=1S/C21H23FN2O3/c1-27-20-5-3-2-4-18(20)23-12-14-24(15-13-23)21(26)11-10-19(25)16-6-8-17(22)9-7-16/h2-9H,10-15H2,1H3. The Kier molecular flexibility index (Phi) is 6.06. The minimum absolute atomic E-state index is 0.0230. The molecule has 1 amide bonds. The molecule has 1 aliphatic rings. The Balaban J connectivity index is 1.50. The monoisotopic (exact) mass is 370 g/mol. The van der Waals surface area contributed by atoms with Crippen LogP contribution in [0.4, 0.5) is 10.1 Å². The van der Waals surface area contributed by atoms with Crippen molar-refractivity contribution in [2.45, 2.75) is 12.8 Å². The van der Waals surface area contributed by atoms with E-state index in [1.807, 2.05) is 24.3 Å². The summed E-state index contributed by atoms with van der Waals surface area (Å²) in [5.74, 6) is 0.277. The highest BCUT2D eigenvalue weighted by Gasteiger charge is 2.23. The molecule has 5 nitrogen and oxygen atoms in total. The number of amides is 1. The number of nitrogens with zero attached hydrogens (tertiary/aromatic N) is 2. The third-order valence-corrected chi connectivity index (χ3v) is 4.79. The summed E-state index contributed by atoms with van der Waals surface area (Å²) in [5, 5.41) is 0. The number of ketones is 1. The van der Waals surface area contributed by atoms with Crippen molar-refractivity contribution in [2.24, 2.45) is 0 Å². The molecule has 142 valence electrons. The molecule has 0 unspecified atom stereocenters. The van der Waals surface area contributed by atoms with Crippen molar-refractivity contribution in [3.8, 4) is 5.75 Å². The molecule has 0 radical (unpaired) electrons. The van der Waals surface area contributed by atoms with Crippen LogP contribution in [-0.2, 0) is 4.79 Å². The van der Waals surface area contributed by atoms with Gasteiger partial charge in [0.25, 0.3) is 0 Å². The molecular weight excluding hydrogens is 347 g/mol. The third-order valence-electron chi connectivity index (χ3n) is 4.79. The number of Topliss-reactive ketones (excluding diaryl/α,β-unsaturated/α-hetero) is 1. The number of halogens is 1. The van der Waals surface area contributed by atoms with Crippen molar-refractivity contribution in [3.05, 3.63) is 59.9 Å². The fraction of sp³-hybridized carbons (Fsp3) is 0.333. The molecule has 0 N–H and O–H groups in total. The van der Waals surface area contributed by atoms with Crippen LogP contribution in [0.15, 0.2) is 48.5 Å². The zero-order valence-electron chi connectivity index (χ0n) is 15.4. The molecule has 0 bridgehead atoms. The largest absolute Gasteiger partial charge is 0.495 e. The number of anilines is 1. The number of hydrogen-bond donors (Lipinski definition) is 0. The number of rotatable bonds is 6. The minimum Gasteiger partial charge on any atom is -0.495 e. The number of methoxy groups -OCH3 is 1. The summed E-state index contributed by atoms with van der Waals surface area (Å²) in [5.41, 5.74) is 1.46. The van der Waals surface area contributed by atoms with Crippen molar-refractivity contribution in [1.82, 2.24) is 4.90 Å². The maximum Gasteiger partial charge on any atom is 0.223 e. The molecule has 0 aliphatic carbocycles. The van der Waals surface area contributed by atoms with Gasteiger partial charge >= 0.3 is 0 Å². The lowest BCUT2D eigenvalue weighted by Crippen LogP contribution is -2.48. The van der Waals surface area contributed by atoms with Gasteiger partial charge in [0, 0.05) is 44.6 Å². The molecule has 2 aromatic rings. The number of piperazine rings is 1. The molecule has 1 saturated heterocycles. The maximum absolute atomic E-state index is 12.9. The zero-order valence-corrected chi connectivity index (χ0v) is 15.4. The highest BCUT2D eigenvalue weighted by Crippen LogP contribution is 2.28. The number of benzene rings is 2. The Bertz CT molecular complexity index is 799. The number of carbonyl (C=O) groups is 2. The Morgan fingerprint density at radius 2 is 1.63 bits per heavy atom. The summed E-state index contributed by atoms with van der Waals surface area (Å²) in [7, 11) is 1.65. The molecular formula is C21H23FN2O3. The van der Waals surface area contributed by atoms with Crippen molar-refractivity contribution in [2.75, 3.05) is 38.2 Å². The Hall–Kier alpha value is -2.89. The average molecular weight is 370 g/mol. The summed E-state index contributed by atoms with van der Waals surface area (Å²) < 4.78 is 18.3. The van der Waals surface area contributed by atoms with Gasteiger partial charge in [-0.15, -0.1) is 0 Å². The molecule has 0 spiro atoms. The van der Waals surface area contributed by atoms with Crippen molar-refractivity contribution in [1.29, 1.82) is 0 Å². The van der Waals surface area contributed by atoms with Crippen LogP contribution in [0.3, 0.4) is 0 Å². The minimum atomic E-state index is -0.379. The van der Waals surface area contributed by atoms with Crippen LogP contribution < -0.4 is 9.64 Å². The third kappa shape index (κ3) is 4.64. The van der Waals surface area contributed by atoms with Crippen LogP contribution in [0.25, 0.3) is 0 Å². The van der Waals surface area contributed by atoms with Crippen LogP contribution in [0.2, 0.25) is 0 Å². The molecule has 3 rings (SSSR count). The number of ether oxygens (including phenoxy) is 1. The molecule has 0 atom stereocenters. The second-order valence-corrected chi connectivity index (χ2v) is 6.47. The van der Waals surface area contributed by atoms with Gasteiger partial charge in [0.15, 0.2) is 5.78 Å². The van der Waals surface area contributed by atoms with Crippen molar-refractivity contribution >= 4 is 17.4 Å². The van der Waals surface area contributed by atoms with E-state index in [2.05, 4.69) is 4.90 Å². The highest BCUT2D eigenvalue weighted by molar-refractivity contribution is 5.97. The first-order valence-corrected chi connectivity index (χ1v) is 9.03. The lowest BCUT2D eigenvalue weighted by molar-refractivity contribution is -0.131. The topological polar surface area (TPSA) is 49.9 Å². The summed E-state index contributed by atoms with van der Waals surface area (Å²) in [6.07, 6.45) is 0.308. The van der Waals surface area contributed by atoms with Crippen molar-refractivity contribution < 1.29 is 18.7 Å². The number of para-hydroxylation sites is 2. The number of hydrogen-bond acceptors (Lipinski definition) is 4. The van der Waals surface area contributed by atoms with Gasteiger partial charge in [0.1, 0.15) is 11.6 Å². The van der Waals surface area contributed by atoms with Gasteiger partial charge in [-0.2, -0.15) is 0 Å². The van der Waals surface area contributed by atoms with Crippen LogP contribution in [-0.4, -0.2) is 49.9 Å². The van der Waals surface area contributed by atoms with E-state index in [4.69, 9.17) is 4.74 Å². The van der Waals surface area contributed by atoms with Crippen LogP contribution in [0.5, 0.6) is 5.75 Å².